The largest absolute Gasteiger partial charge is 0.489 e. The van der Waals surface area contributed by atoms with E-state index in [0.29, 0.717) is 18.0 Å². The van der Waals surface area contributed by atoms with Crippen molar-refractivity contribution in [1.82, 2.24) is 0 Å². The molecule has 1 aliphatic carbocycles. The summed E-state index contributed by atoms with van der Waals surface area (Å²) >= 11 is 3.40. The third-order valence-corrected chi connectivity index (χ3v) is 4.01. The Morgan fingerprint density at radius 3 is 2.83 bits per heavy atom. The highest BCUT2D eigenvalue weighted by atomic mass is 79.9. The van der Waals surface area contributed by atoms with Gasteiger partial charge in [0.15, 0.2) is 0 Å². The monoisotopic (exact) mass is 312 g/mol. The smallest absolute Gasteiger partial charge is 0.248 e. The third-order valence-electron chi connectivity index (χ3n) is 3.39. The zero-order valence-electron chi connectivity index (χ0n) is 10.1. The second-order valence-electron chi connectivity index (χ2n) is 4.59. The van der Waals surface area contributed by atoms with E-state index in [9.17, 15) is 4.79 Å². The maximum absolute atomic E-state index is 11.1. The van der Waals surface area contributed by atoms with Gasteiger partial charge in [-0.15, -0.1) is 0 Å². The van der Waals surface area contributed by atoms with Gasteiger partial charge in [0, 0.05) is 11.5 Å². The fourth-order valence-electron chi connectivity index (χ4n) is 2.34. The van der Waals surface area contributed by atoms with Crippen LogP contribution in [0.15, 0.2) is 22.7 Å². The lowest BCUT2D eigenvalue weighted by molar-refractivity contribution is 0.1000. The number of benzene rings is 1. The normalized spacial score (nSPS) is 23.0. The second kappa shape index (κ2) is 5.71. The van der Waals surface area contributed by atoms with E-state index in [1.165, 1.54) is 0 Å². The fraction of sp³-hybridized carbons (Fsp3) is 0.462. The number of amides is 1. The minimum Gasteiger partial charge on any atom is -0.489 e. The molecular weight excluding hydrogens is 296 g/mol. The number of nitrogens with two attached hydrogens (primary N) is 2. The number of rotatable bonds is 4. The van der Waals surface area contributed by atoms with Crippen molar-refractivity contribution in [3.63, 3.8) is 0 Å². The van der Waals surface area contributed by atoms with Crippen LogP contribution in [0.4, 0.5) is 0 Å². The van der Waals surface area contributed by atoms with Crippen LogP contribution in [-0.4, -0.2) is 18.6 Å². The van der Waals surface area contributed by atoms with Crippen molar-refractivity contribution in [3.8, 4) is 5.75 Å². The van der Waals surface area contributed by atoms with E-state index in [-0.39, 0.29) is 6.10 Å². The number of hydrogen-bond donors (Lipinski definition) is 2. The molecule has 1 aromatic rings. The van der Waals surface area contributed by atoms with Crippen LogP contribution in [-0.2, 0) is 0 Å². The van der Waals surface area contributed by atoms with Crippen molar-refractivity contribution in [2.24, 2.45) is 17.4 Å². The van der Waals surface area contributed by atoms with Gasteiger partial charge in [-0.2, -0.15) is 0 Å². The van der Waals surface area contributed by atoms with Gasteiger partial charge in [-0.1, -0.05) is 0 Å². The Morgan fingerprint density at radius 2 is 2.22 bits per heavy atom. The van der Waals surface area contributed by atoms with E-state index in [4.69, 9.17) is 16.2 Å². The van der Waals surface area contributed by atoms with Gasteiger partial charge in [0.25, 0.3) is 0 Å². The van der Waals surface area contributed by atoms with Crippen molar-refractivity contribution in [3.05, 3.63) is 28.2 Å². The number of ether oxygens (including phenoxy) is 1. The van der Waals surface area contributed by atoms with Crippen molar-refractivity contribution >= 4 is 21.8 Å². The van der Waals surface area contributed by atoms with Crippen LogP contribution >= 0.6 is 15.9 Å². The predicted octanol–water partition coefficient (Wildman–Crippen LogP) is 2.05. The maximum atomic E-state index is 11.1. The van der Waals surface area contributed by atoms with Crippen LogP contribution in [0.25, 0.3) is 0 Å². The van der Waals surface area contributed by atoms with Gasteiger partial charge >= 0.3 is 0 Å². The van der Waals surface area contributed by atoms with Crippen molar-refractivity contribution < 1.29 is 9.53 Å². The molecule has 5 heteroatoms. The lowest BCUT2D eigenvalue weighted by Gasteiger charge is -2.20. The van der Waals surface area contributed by atoms with E-state index in [1.54, 1.807) is 18.2 Å². The van der Waals surface area contributed by atoms with Gasteiger partial charge in [-0.3, -0.25) is 4.79 Å². The zero-order valence-corrected chi connectivity index (χ0v) is 11.7. The van der Waals surface area contributed by atoms with Crippen molar-refractivity contribution in [2.75, 3.05) is 6.54 Å². The average molecular weight is 313 g/mol. The Balaban J connectivity index is 2.12. The van der Waals surface area contributed by atoms with Crippen LogP contribution in [0.5, 0.6) is 5.75 Å². The molecule has 0 aliphatic heterocycles. The first kappa shape index (κ1) is 13.4. The Morgan fingerprint density at radius 1 is 1.44 bits per heavy atom. The molecule has 1 saturated carbocycles. The Labute approximate surface area is 115 Å². The van der Waals surface area contributed by atoms with Gasteiger partial charge < -0.3 is 16.2 Å². The SMILES string of the molecule is NCC1CCCC1Oc1ccc(C(N)=O)cc1Br. The molecular formula is C13H17BrN2O2. The summed E-state index contributed by atoms with van der Waals surface area (Å²) in [5.41, 5.74) is 11.4. The number of primary amides is 1. The fourth-order valence-corrected chi connectivity index (χ4v) is 2.81. The first-order chi connectivity index (χ1) is 8.61. The molecule has 2 atom stereocenters. The molecule has 2 rings (SSSR count). The molecule has 4 nitrogen and oxygen atoms in total. The van der Waals surface area contributed by atoms with E-state index in [1.807, 2.05) is 0 Å². The molecule has 0 bridgehead atoms. The third kappa shape index (κ3) is 2.84. The summed E-state index contributed by atoms with van der Waals surface area (Å²) in [4.78, 5) is 11.1. The standard InChI is InChI=1S/C13H17BrN2O2/c14-10-6-8(13(16)17)4-5-12(10)18-11-3-1-2-9(11)7-15/h4-6,9,11H,1-3,7,15H2,(H2,16,17). The molecule has 0 aromatic heterocycles. The topological polar surface area (TPSA) is 78.3 Å². The van der Waals surface area contributed by atoms with Crippen molar-refractivity contribution in [2.45, 2.75) is 25.4 Å². The summed E-state index contributed by atoms with van der Waals surface area (Å²) in [5, 5.41) is 0. The van der Waals surface area contributed by atoms with Crippen LogP contribution in [0, 0.1) is 5.92 Å². The first-order valence-corrected chi connectivity index (χ1v) is 6.87. The van der Waals surface area contributed by atoms with Crippen LogP contribution in [0.1, 0.15) is 29.6 Å². The Kier molecular flexibility index (Phi) is 4.24. The second-order valence-corrected chi connectivity index (χ2v) is 5.45. The maximum Gasteiger partial charge on any atom is 0.248 e. The lowest BCUT2D eigenvalue weighted by atomic mass is 10.1. The molecule has 1 fully saturated rings. The summed E-state index contributed by atoms with van der Waals surface area (Å²) in [6.45, 7) is 0.654. The molecule has 4 N–H and O–H groups in total. The van der Waals surface area contributed by atoms with Gasteiger partial charge in [0.05, 0.1) is 4.47 Å². The van der Waals surface area contributed by atoms with E-state index < -0.39 is 5.91 Å². The highest BCUT2D eigenvalue weighted by molar-refractivity contribution is 9.10. The summed E-state index contributed by atoms with van der Waals surface area (Å²) in [6, 6.07) is 5.13. The quantitative estimate of drug-likeness (QED) is 0.893. The van der Waals surface area contributed by atoms with E-state index in [2.05, 4.69) is 15.9 Å². The minimum absolute atomic E-state index is 0.172. The number of carbonyl (C=O) groups is 1. The zero-order chi connectivity index (χ0) is 13.1. The molecule has 0 radical (unpaired) electrons. The molecule has 2 unspecified atom stereocenters. The van der Waals surface area contributed by atoms with E-state index in [0.717, 1.165) is 29.5 Å². The van der Waals surface area contributed by atoms with Gasteiger partial charge in [-0.05, 0) is 59.9 Å². The highest BCUT2D eigenvalue weighted by Crippen LogP contribution is 2.33. The predicted molar refractivity (Wildman–Crippen MR) is 73.5 cm³/mol. The molecule has 0 spiro atoms. The summed E-state index contributed by atoms with van der Waals surface area (Å²) < 4.78 is 6.72. The van der Waals surface area contributed by atoms with Gasteiger partial charge in [0.1, 0.15) is 11.9 Å². The molecule has 0 heterocycles. The molecule has 98 valence electrons. The Bertz CT molecular complexity index is 451. The van der Waals surface area contributed by atoms with Gasteiger partial charge in [-0.25, -0.2) is 0 Å². The molecule has 1 aliphatic rings. The number of carbonyl (C=O) groups excluding carboxylic acids is 1. The summed E-state index contributed by atoms with van der Waals surface area (Å²) in [7, 11) is 0. The van der Waals surface area contributed by atoms with Crippen molar-refractivity contribution in [1.29, 1.82) is 0 Å². The number of halogens is 1. The Hall–Kier alpha value is -1.07. The van der Waals surface area contributed by atoms with Gasteiger partial charge in [0.2, 0.25) is 5.91 Å². The highest BCUT2D eigenvalue weighted by Gasteiger charge is 2.28. The lowest BCUT2D eigenvalue weighted by Crippen LogP contribution is -2.27. The van der Waals surface area contributed by atoms with Crippen LogP contribution in [0.3, 0.4) is 0 Å². The minimum atomic E-state index is -0.442. The molecule has 18 heavy (non-hydrogen) atoms. The summed E-state index contributed by atoms with van der Waals surface area (Å²) in [6.07, 6.45) is 3.49. The summed E-state index contributed by atoms with van der Waals surface area (Å²) in [5.74, 6) is 0.723. The van der Waals surface area contributed by atoms with E-state index >= 15 is 0 Å². The van der Waals surface area contributed by atoms with Crippen LogP contribution < -0.4 is 16.2 Å². The molecule has 1 amide bonds. The van der Waals surface area contributed by atoms with Crippen LogP contribution in [0.2, 0.25) is 0 Å². The first-order valence-electron chi connectivity index (χ1n) is 6.08. The number of hydrogen-bond acceptors (Lipinski definition) is 3. The molecule has 1 aromatic carbocycles. The average Bonchev–Trinajstić information content (AvgIpc) is 2.78. The molecule has 0 saturated heterocycles.